The Bertz CT molecular complexity index is 3640. The number of aliphatic hydroxyl groups excluding tert-OH is 2. The lowest BCUT2D eigenvalue weighted by molar-refractivity contribution is -0.143. The van der Waals surface area contributed by atoms with E-state index in [0.29, 0.717) is 128 Å². The molecule has 514 valence electrons. The number of nitrogens with two attached hydrogens (primary N) is 2. The van der Waals surface area contributed by atoms with Gasteiger partial charge in [0.15, 0.2) is 11.4 Å². The number of thiazole rings is 6. The monoisotopic (exact) mass is 1420 g/mol. The quantitative estimate of drug-likeness (QED) is 0.0195. The third-order valence-electron chi connectivity index (χ3n) is 12.9. The van der Waals surface area contributed by atoms with Crippen molar-refractivity contribution in [1.82, 2.24) is 55.7 Å². The molecule has 95 heavy (non-hydrogen) atoms. The first-order valence-electron chi connectivity index (χ1n) is 30.1. The van der Waals surface area contributed by atoms with Gasteiger partial charge in [0, 0.05) is 92.8 Å². The van der Waals surface area contributed by atoms with E-state index in [9.17, 15) is 43.5 Å². The number of likely N-dealkylation sites (tertiary alicyclic amines) is 1. The number of urea groups is 1. The maximum atomic E-state index is 14.0. The van der Waals surface area contributed by atoms with Crippen LogP contribution in [0.2, 0.25) is 0 Å². The van der Waals surface area contributed by atoms with Crippen LogP contribution in [0.15, 0.2) is 64.0 Å². The predicted molar refractivity (Wildman–Crippen MR) is 378 cm³/mol. The molecule has 1 fully saturated rings. The maximum Gasteiger partial charge on any atom is 0.325 e. The summed E-state index contributed by atoms with van der Waals surface area (Å²) in [5, 5.41) is 42.2. The molecule has 0 bridgehead atoms. The Labute approximate surface area is 576 Å². The average Bonchev–Trinajstić information content (AvgIpc) is 1.68. The fraction of sp³-hybridized carbons (Fsp3) is 0.413. The smallest absolute Gasteiger partial charge is 0.325 e. The molecule has 0 saturated carbocycles. The molecule has 0 unspecified atom stereocenters. The van der Waals surface area contributed by atoms with Crippen molar-refractivity contribution in [3.8, 4) is 43.4 Å². The van der Waals surface area contributed by atoms with E-state index >= 15 is 0 Å². The topological polar surface area (TPSA) is 391 Å². The first kappa shape index (κ1) is 81.2. The molecule has 1 atom stereocenters. The van der Waals surface area contributed by atoms with E-state index in [0.717, 1.165) is 44.0 Å². The summed E-state index contributed by atoms with van der Waals surface area (Å²) in [6.07, 6.45) is 7.13. The van der Waals surface area contributed by atoms with Crippen molar-refractivity contribution in [2.75, 3.05) is 72.2 Å². The van der Waals surface area contributed by atoms with Crippen LogP contribution in [-0.4, -0.2) is 165 Å². The number of carboxylic acids is 1. The summed E-state index contributed by atoms with van der Waals surface area (Å²) in [5.41, 5.74) is 14.7. The number of nitrogen functional groups attached to an aromatic ring is 1. The molecule has 10 N–H and O–H groups in total. The lowest BCUT2D eigenvalue weighted by Gasteiger charge is -2.34. The number of nitrogens with zero attached hydrogens (tertiary/aromatic N) is 9. The van der Waals surface area contributed by atoms with Gasteiger partial charge in [-0.3, -0.25) is 28.9 Å². The van der Waals surface area contributed by atoms with Crippen molar-refractivity contribution in [3.05, 3.63) is 106 Å². The lowest BCUT2D eigenvalue weighted by atomic mass is 9.97. The zero-order valence-corrected chi connectivity index (χ0v) is 59.7. The van der Waals surface area contributed by atoms with Crippen LogP contribution in [0.25, 0.3) is 43.4 Å². The van der Waals surface area contributed by atoms with E-state index < -0.39 is 29.7 Å². The molecule has 8 heterocycles. The number of aryl methyl sites for hydroxylation is 3. The van der Waals surface area contributed by atoms with Crippen LogP contribution in [-0.2, 0) is 43.4 Å². The molecular weight excluding hydrogens is 1340 g/mol. The van der Waals surface area contributed by atoms with Crippen molar-refractivity contribution in [2.24, 2.45) is 11.7 Å². The molecule has 1 saturated heterocycles. The number of benzene rings is 1. The molecule has 1 aliphatic heterocycles. The fourth-order valence-corrected chi connectivity index (χ4v) is 13.5. The van der Waals surface area contributed by atoms with Gasteiger partial charge in [0.1, 0.15) is 72.6 Å². The molecule has 0 radical (unpaired) electrons. The number of rotatable bonds is 25. The highest BCUT2D eigenvalue weighted by atomic mass is 32.1. The number of amides is 5. The number of carbonyl (C=O) groups excluding carboxylic acids is 7. The number of aliphatic hydroxyl groups is 2. The van der Waals surface area contributed by atoms with Gasteiger partial charge >= 0.3 is 12.0 Å². The summed E-state index contributed by atoms with van der Waals surface area (Å²) >= 11 is 7.99. The molecule has 1 aliphatic rings. The van der Waals surface area contributed by atoms with E-state index in [1.54, 1.807) is 44.9 Å². The van der Waals surface area contributed by atoms with Crippen molar-refractivity contribution >= 4 is 128 Å². The number of anilines is 2. The van der Waals surface area contributed by atoms with Gasteiger partial charge in [-0.05, 0) is 63.8 Å². The average molecular weight is 1420 g/mol. The largest absolute Gasteiger partial charge is 0.481 e. The standard InChI is InChI=1S/C47H46N10O7S5.C8H11N3O3S.C3H8.C2H6.CH5N.2CH4O/c1-27-33(22-59)52-45(69-27)32(21-38(60)48-2)51-41(61)35-24-66-42(54-35)30-12-13-31(50-40(30)34-23-67-44(53-34)36-25-65-39(49-36)14-11-28-9-5-3-6-10-28)43-55-37(26-68-43)57(17-7-4-8-20-58)47(64)56-18-15-29(16-19-56)46(62)63;1-14-4-5-6(11-8(9)15-5)7(13)10-2-3-12;1-3-2;4*1-2/h3,5-6,9-10,12-13,20,22-26,29,32H,4,7-8,11,14-19,21H2,1-2H3,(H,48,60)(H,51,61)(H,62,63);3H,2,4H2,1H3,(H2,9,11)(H,10,13);3H2,1-2H3;1-2H3;2H2,1H3;2*2H,1H3/t32-;;;;;;/m0....../s1. The van der Waals surface area contributed by atoms with E-state index in [4.69, 9.17) is 45.6 Å². The molecule has 5 amide bonds. The summed E-state index contributed by atoms with van der Waals surface area (Å²) in [6, 6.07) is 12.8. The Morgan fingerprint density at radius 3 is 2.06 bits per heavy atom. The van der Waals surface area contributed by atoms with Crippen LogP contribution in [0, 0.1) is 12.8 Å². The number of pyridine rings is 1. The highest BCUT2D eigenvalue weighted by molar-refractivity contribution is 7.16. The lowest BCUT2D eigenvalue weighted by Crippen LogP contribution is -2.48. The van der Waals surface area contributed by atoms with Crippen LogP contribution in [0.5, 0.6) is 0 Å². The van der Waals surface area contributed by atoms with Gasteiger partial charge in [0.2, 0.25) is 5.91 Å². The molecule has 1 aromatic carbocycles. The number of aromatic nitrogens is 7. The van der Waals surface area contributed by atoms with E-state index in [1.807, 2.05) is 48.9 Å². The number of unbranched alkanes of at least 4 members (excludes halogenated alkanes) is 2. The van der Waals surface area contributed by atoms with Crippen LogP contribution in [0.4, 0.5) is 15.7 Å². The number of aldehydes is 3. The molecule has 0 aliphatic carbocycles. The van der Waals surface area contributed by atoms with Crippen molar-refractivity contribution < 1.29 is 58.4 Å². The van der Waals surface area contributed by atoms with Gasteiger partial charge in [-0.2, -0.15) is 0 Å². The van der Waals surface area contributed by atoms with Crippen molar-refractivity contribution in [2.45, 2.75) is 105 Å². The van der Waals surface area contributed by atoms with Crippen molar-refractivity contribution in [1.29, 1.82) is 0 Å². The molecular formula is C63H84N14O12S6. The molecule has 0 spiro atoms. The zero-order valence-electron chi connectivity index (χ0n) is 54.8. The second-order valence-electron chi connectivity index (χ2n) is 19.3. The Balaban J connectivity index is 0.000000770. The number of carbonyl (C=O) groups is 8. The second-order valence-corrected chi connectivity index (χ2v) is 25.2. The second kappa shape index (κ2) is 44.6. The number of methoxy groups -OCH3 is 1. The number of nitrogens with one attached hydrogen (secondary N) is 3. The highest BCUT2D eigenvalue weighted by Crippen LogP contribution is 2.39. The third-order valence-corrected chi connectivity index (χ3v) is 18.4. The number of ether oxygens (including phenoxy) is 1. The Morgan fingerprint density at radius 1 is 0.768 bits per heavy atom. The van der Waals surface area contributed by atoms with Crippen LogP contribution >= 0.6 is 68.0 Å². The molecule has 7 aromatic heterocycles. The van der Waals surface area contributed by atoms with Gasteiger partial charge < -0.3 is 62.0 Å². The maximum absolute atomic E-state index is 14.0. The first-order valence-corrected chi connectivity index (χ1v) is 35.2. The zero-order chi connectivity index (χ0) is 70.4. The van der Waals surface area contributed by atoms with Crippen LogP contribution < -0.4 is 32.3 Å². The molecule has 9 rings (SSSR count). The number of piperidine rings is 1. The third kappa shape index (κ3) is 24.6. The summed E-state index contributed by atoms with van der Waals surface area (Å²) in [4.78, 5) is 134. The van der Waals surface area contributed by atoms with E-state index in [-0.39, 0.29) is 48.6 Å². The summed E-state index contributed by atoms with van der Waals surface area (Å²) in [5.74, 6) is -2.22. The Kier molecular flexibility index (Phi) is 38.1. The summed E-state index contributed by atoms with van der Waals surface area (Å²) in [7, 11) is 6.52. The highest BCUT2D eigenvalue weighted by Gasteiger charge is 2.32. The minimum Gasteiger partial charge on any atom is -0.481 e. The summed E-state index contributed by atoms with van der Waals surface area (Å²) < 4.78 is 4.90. The number of hydrogen-bond donors (Lipinski definition) is 8. The molecule has 26 nitrogen and oxygen atoms in total. The molecule has 32 heteroatoms. The van der Waals surface area contributed by atoms with Crippen LogP contribution in [0.3, 0.4) is 0 Å². The Morgan fingerprint density at radius 2 is 1.43 bits per heavy atom. The first-order chi connectivity index (χ1) is 46.1. The normalized spacial score (nSPS) is 11.6. The number of hydrogen-bond acceptors (Lipinski definition) is 26. The fourth-order valence-electron chi connectivity index (χ4n) is 8.57. The van der Waals surface area contributed by atoms with E-state index in [1.165, 1.54) is 89.9 Å². The molecule has 8 aromatic rings. The van der Waals surface area contributed by atoms with Gasteiger partial charge in [-0.1, -0.05) is 75.8 Å². The Hall–Kier alpha value is -8.05. The van der Waals surface area contributed by atoms with Crippen molar-refractivity contribution in [3.63, 3.8) is 0 Å². The van der Waals surface area contributed by atoms with E-state index in [2.05, 4.69) is 57.6 Å². The number of aliphatic carboxylic acids is 1. The van der Waals surface area contributed by atoms with Gasteiger partial charge in [0.25, 0.3) is 11.8 Å². The SMILES string of the molecule is CC.CCC.CN.CNC(=O)C[C@H](NC(=O)c1csc(-c2ccc(-c3nc(N(CCCCC=O)C(=O)N4CCC(C(=O)O)CC4)cs3)nc2-c2csc(-c3csc(CCc4ccccc4)n3)n2)n1)c1nc(C=O)c(C)s1.CO.CO.COCc1sc(N)nc1C(=O)NCC=O. The van der Waals surface area contributed by atoms with Crippen LogP contribution in [0.1, 0.15) is 135 Å². The number of carboxylic acid groups (broad SMARTS) is 1. The van der Waals surface area contributed by atoms with Gasteiger partial charge in [-0.15, -0.1) is 56.7 Å². The van der Waals surface area contributed by atoms with Gasteiger partial charge in [-0.25, -0.2) is 39.7 Å². The minimum atomic E-state index is -0.863. The minimum absolute atomic E-state index is 0.0390. The predicted octanol–water partition coefficient (Wildman–Crippen LogP) is 9.67. The van der Waals surface area contributed by atoms with Gasteiger partial charge in [0.05, 0.1) is 47.1 Å². The summed E-state index contributed by atoms with van der Waals surface area (Å²) in [6.45, 7) is 11.2.